The molecule has 0 saturated carbocycles. The van der Waals surface area contributed by atoms with Crippen LogP contribution in [0.2, 0.25) is 0 Å². The molecule has 3 rings (SSSR count). The van der Waals surface area contributed by atoms with Crippen LogP contribution in [0, 0.1) is 13.8 Å². The number of aromatic nitrogens is 4. The van der Waals surface area contributed by atoms with E-state index in [1.54, 1.807) is 23.9 Å². The van der Waals surface area contributed by atoms with Crippen LogP contribution in [0.4, 0.5) is 5.69 Å². The van der Waals surface area contributed by atoms with Gasteiger partial charge in [0.1, 0.15) is 0 Å². The van der Waals surface area contributed by atoms with Gasteiger partial charge < -0.3 is 13.4 Å². The van der Waals surface area contributed by atoms with E-state index in [0.717, 1.165) is 25.1 Å². The highest BCUT2D eigenvalue weighted by Crippen LogP contribution is 2.38. The molecule has 0 fully saturated rings. The number of nitrogens with zero attached hydrogens (tertiary/aromatic N) is 5. The summed E-state index contributed by atoms with van der Waals surface area (Å²) in [6.07, 6.45) is 13.8. The Hall–Kier alpha value is -2.45. The Morgan fingerprint density at radius 1 is 1.06 bits per heavy atom. The van der Waals surface area contributed by atoms with E-state index in [2.05, 4.69) is 14.6 Å². The van der Waals surface area contributed by atoms with Crippen molar-refractivity contribution in [3.8, 4) is 0 Å². The number of hydrogen-bond donors (Lipinski definition) is 0. The van der Waals surface area contributed by atoms with Gasteiger partial charge in [-0.05, 0) is 50.8 Å². The van der Waals surface area contributed by atoms with Crippen LogP contribution in [-0.2, 0) is 29.5 Å². The average Bonchev–Trinajstić information content (AvgIpc) is 3.34. The molecule has 0 spiro atoms. The van der Waals surface area contributed by atoms with Crippen molar-refractivity contribution in [3.63, 3.8) is 0 Å². The van der Waals surface area contributed by atoms with E-state index in [1.807, 2.05) is 51.7 Å². The summed E-state index contributed by atoms with van der Waals surface area (Å²) in [6, 6.07) is 7.36. The fourth-order valence-corrected chi connectivity index (χ4v) is 5.88. The average molecular weight is 459 g/mol. The Morgan fingerprint density at radius 3 is 2.31 bits per heavy atom. The number of benzene rings is 1. The quantitative estimate of drug-likeness (QED) is 0.399. The van der Waals surface area contributed by atoms with Gasteiger partial charge in [-0.25, -0.2) is 18.7 Å². The lowest BCUT2D eigenvalue weighted by molar-refractivity contribution is 0.490. The van der Waals surface area contributed by atoms with Crippen molar-refractivity contribution in [1.29, 1.82) is 0 Å². The standard InChI is InChI=1S/C24H37N5O2S/c1-20-24(21(2)27(3)26-20)28(4)32(5,30,31)23-14-12-22(13-15-23)11-9-7-6-8-10-17-29-18-16-25-19-29/h12-16,18-19H,6-11,17H2,1-5H3,(H,30,31)/p-1. The number of anilines is 1. The summed E-state index contributed by atoms with van der Waals surface area (Å²) < 4.78 is 32.6. The van der Waals surface area contributed by atoms with Crippen molar-refractivity contribution in [2.24, 2.45) is 7.05 Å². The first-order valence-electron chi connectivity index (χ1n) is 11.3. The van der Waals surface area contributed by atoms with E-state index >= 15 is 0 Å². The topological polar surface area (TPSA) is 79.0 Å². The number of aryl methyl sites for hydroxylation is 4. The zero-order valence-electron chi connectivity index (χ0n) is 20.0. The van der Waals surface area contributed by atoms with Crippen LogP contribution in [0.15, 0.2) is 47.9 Å². The molecule has 0 aliphatic carbocycles. The van der Waals surface area contributed by atoms with Crippen molar-refractivity contribution < 1.29 is 8.76 Å². The number of hydrogen-bond acceptors (Lipinski definition) is 4. The van der Waals surface area contributed by atoms with Crippen LogP contribution in [0.5, 0.6) is 0 Å². The fourth-order valence-electron chi connectivity index (χ4n) is 4.12. The Balaban J connectivity index is 1.54. The van der Waals surface area contributed by atoms with E-state index in [4.69, 9.17) is 0 Å². The van der Waals surface area contributed by atoms with Crippen LogP contribution in [0.3, 0.4) is 0 Å². The molecule has 0 unspecified atom stereocenters. The second-order valence-electron chi connectivity index (χ2n) is 8.80. The first-order chi connectivity index (χ1) is 15.1. The van der Waals surface area contributed by atoms with Gasteiger partial charge in [-0.1, -0.05) is 31.4 Å². The van der Waals surface area contributed by atoms with Gasteiger partial charge in [-0.2, -0.15) is 5.10 Å². The van der Waals surface area contributed by atoms with Gasteiger partial charge in [-0.3, -0.25) is 4.68 Å². The maximum absolute atomic E-state index is 13.7. The molecule has 32 heavy (non-hydrogen) atoms. The van der Waals surface area contributed by atoms with E-state index in [1.165, 1.54) is 41.8 Å². The number of rotatable bonds is 11. The lowest BCUT2D eigenvalue weighted by Crippen LogP contribution is -2.48. The Kier molecular flexibility index (Phi) is 7.25. The minimum absolute atomic E-state index is 0.315. The molecule has 0 aliphatic heterocycles. The molecule has 8 heteroatoms. The van der Waals surface area contributed by atoms with Crippen molar-refractivity contribution in [2.75, 3.05) is 17.6 Å². The molecule has 2 aromatic heterocycles. The van der Waals surface area contributed by atoms with Crippen molar-refractivity contribution in [1.82, 2.24) is 19.3 Å². The fraction of sp³-hybridized carbons (Fsp3) is 0.500. The molecular formula is C24H36N5O2S-. The highest BCUT2D eigenvalue weighted by Gasteiger charge is 2.26. The molecule has 0 radical (unpaired) electrons. The summed E-state index contributed by atoms with van der Waals surface area (Å²) in [5.41, 5.74) is 3.33. The predicted molar refractivity (Wildman–Crippen MR) is 130 cm³/mol. The molecule has 0 saturated heterocycles. The molecule has 0 bridgehead atoms. The highest BCUT2D eigenvalue weighted by atomic mass is 32.3. The molecule has 0 aliphatic rings. The molecule has 1 aromatic carbocycles. The maximum atomic E-state index is 13.7. The lowest BCUT2D eigenvalue weighted by atomic mass is 10.1. The van der Waals surface area contributed by atoms with Crippen molar-refractivity contribution in [3.05, 3.63) is 59.9 Å². The van der Waals surface area contributed by atoms with Gasteiger partial charge >= 0.3 is 0 Å². The van der Waals surface area contributed by atoms with Crippen LogP contribution in [-0.4, -0.2) is 41.4 Å². The van der Waals surface area contributed by atoms with Gasteiger partial charge in [0.2, 0.25) is 0 Å². The maximum Gasteiger partial charge on any atom is 0.0971 e. The van der Waals surface area contributed by atoms with Crippen molar-refractivity contribution in [2.45, 2.75) is 63.8 Å². The molecule has 0 atom stereocenters. The minimum Gasteiger partial charge on any atom is -0.749 e. The Morgan fingerprint density at radius 2 is 1.72 bits per heavy atom. The van der Waals surface area contributed by atoms with Crippen LogP contribution < -0.4 is 4.31 Å². The predicted octanol–water partition coefficient (Wildman–Crippen LogP) is 4.42. The van der Waals surface area contributed by atoms with E-state index in [-0.39, 0.29) is 0 Å². The zero-order chi connectivity index (χ0) is 23.4. The first-order valence-corrected chi connectivity index (χ1v) is 13.5. The van der Waals surface area contributed by atoms with Crippen LogP contribution in [0.1, 0.15) is 49.1 Å². The van der Waals surface area contributed by atoms with Gasteiger partial charge in [0.25, 0.3) is 0 Å². The Bertz CT molecular complexity index is 1080. The normalized spacial score (nSPS) is 13.1. The van der Waals surface area contributed by atoms with Gasteiger partial charge in [0.15, 0.2) is 0 Å². The second-order valence-corrected chi connectivity index (χ2v) is 12.2. The Labute approximate surface area is 191 Å². The minimum atomic E-state index is -4.50. The van der Waals surface area contributed by atoms with Crippen LogP contribution >= 0.6 is 0 Å². The third-order valence-electron chi connectivity index (χ3n) is 6.32. The molecule has 176 valence electrons. The van der Waals surface area contributed by atoms with E-state index < -0.39 is 9.53 Å². The number of imidazole rings is 1. The zero-order valence-corrected chi connectivity index (χ0v) is 20.8. The smallest absolute Gasteiger partial charge is 0.0971 e. The molecule has 0 N–H and O–H groups in total. The molecule has 3 aromatic rings. The van der Waals surface area contributed by atoms with E-state index in [9.17, 15) is 8.76 Å². The first kappa shape index (κ1) is 24.2. The largest absolute Gasteiger partial charge is 0.749 e. The summed E-state index contributed by atoms with van der Waals surface area (Å²) >= 11 is 0. The van der Waals surface area contributed by atoms with Gasteiger partial charge in [0, 0.05) is 44.2 Å². The number of unbranched alkanes of at least 4 members (excludes halogenated alkanes) is 4. The molecular weight excluding hydrogens is 422 g/mol. The van der Waals surface area contributed by atoms with Gasteiger partial charge in [0.05, 0.1) is 23.4 Å². The van der Waals surface area contributed by atoms with E-state index in [0.29, 0.717) is 16.3 Å². The summed E-state index contributed by atoms with van der Waals surface area (Å²) in [5, 5.41) is 4.37. The van der Waals surface area contributed by atoms with Crippen LogP contribution in [0.25, 0.3) is 0 Å². The summed E-state index contributed by atoms with van der Waals surface area (Å²) in [6.45, 7) is 4.75. The van der Waals surface area contributed by atoms with Crippen molar-refractivity contribution >= 4 is 15.2 Å². The SMILES string of the molecule is Cc1nn(C)c(C)c1N(C)S(C)(=O)([O-])c1ccc(CCCCCCCn2ccnc2)cc1. The molecule has 2 heterocycles. The summed E-state index contributed by atoms with van der Waals surface area (Å²) in [5.74, 6) is 0. The molecule has 7 nitrogen and oxygen atoms in total. The summed E-state index contributed by atoms with van der Waals surface area (Å²) in [7, 11) is -1.06. The third-order valence-corrected chi connectivity index (χ3v) is 9.11. The number of sulfonamides is 2. The highest BCUT2D eigenvalue weighted by molar-refractivity contribution is 8.15. The molecule has 0 amide bonds. The monoisotopic (exact) mass is 458 g/mol. The lowest BCUT2D eigenvalue weighted by Gasteiger charge is -2.58. The second kappa shape index (κ2) is 9.58. The number of sulfone groups is 1. The van der Waals surface area contributed by atoms with Gasteiger partial charge in [-0.15, -0.1) is 0 Å². The third kappa shape index (κ3) is 5.30. The summed E-state index contributed by atoms with van der Waals surface area (Å²) in [4.78, 5) is 4.38.